The van der Waals surface area contributed by atoms with Crippen LogP contribution < -0.4 is 4.84 Å². The molecule has 0 aromatic rings. The quantitative estimate of drug-likeness (QED) is 0.425. The minimum Gasteiger partial charge on any atom is -0.529 e. The monoisotopic (exact) mass is 243 g/mol. The van der Waals surface area contributed by atoms with Crippen molar-refractivity contribution in [2.75, 3.05) is 6.54 Å². The van der Waals surface area contributed by atoms with Crippen LogP contribution in [-0.4, -0.2) is 38.4 Å². The third-order valence-electron chi connectivity index (χ3n) is 0.218. The van der Waals surface area contributed by atoms with Gasteiger partial charge in [0.15, 0.2) is 0 Å². The summed E-state index contributed by atoms with van der Waals surface area (Å²) in [5.74, 6) is -0.954. The molecular formula is C2H5AlClNO3Zr. The topological polar surface area (TPSA) is 69.6 Å². The van der Waals surface area contributed by atoms with E-state index in [1.54, 1.807) is 0 Å². The first-order chi connectivity index (χ1) is 3.77. The Morgan fingerprint density at radius 2 is 2.00 bits per heavy atom. The Kier molecular flexibility index (Phi) is 29.6. The second-order valence-electron chi connectivity index (χ2n) is 0.704. The second kappa shape index (κ2) is 16.0. The third kappa shape index (κ3) is 27.3. The summed E-state index contributed by atoms with van der Waals surface area (Å²) < 4.78 is 6.92. The predicted octanol–water partition coefficient (Wildman–Crippen LogP) is -1.13. The average Bonchev–Trinajstić information content (AvgIpc) is 1.72. The first-order valence-corrected chi connectivity index (χ1v) is 2.48. The summed E-state index contributed by atoms with van der Waals surface area (Å²) in [4.78, 5) is 11.4. The van der Waals surface area contributed by atoms with E-state index in [4.69, 9.17) is 21.0 Å². The molecule has 0 saturated carbocycles. The van der Waals surface area contributed by atoms with E-state index >= 15 is 0 Å². The molecule has 0 fully saturated rings. The Morgan fingerprint density at radius 1 is 1.67 bits per heavy atom. The van der Waals surface area contributed by atoms with Crippen molar-refractivity contribution >= 4 is 34.4 Å². The summed E-state index contributed by atoms with van der Waals surface area (Å²) in [6.07, 6.45) is 0. The van der Waals surface area contributed by atoms with Crippen molar-refractivity contribution in [3.05, 3.63) is 0 Å². The van der Waals surface area contributed by atoms with Gasteiger partial charge in [-0.05, 0) is 11.8 Å². The van der Waals surface area contributed by atoms with Gasteiger partial charge in [-0.15, -0.1) is 0 Å². The minimum atomic E-state index is -0.954. The number of carbonyl (C=O) groups is 1. The van der Waals surface area contributed by atoms with Crippen LogP contribution in [0.3, 0.4) is 0 Å². The smallest absolute Gasteiger partial charge is 0.363 e. The average molecular weight is 245 g/mol. The van der Waals surface area contributed by atoms with Gasteiger partial charge in [0.05, 0.1) is 0 Å². The Morgan fingerprint density at radius 3 is 2.00 bits per heavy atom. The fourth-order valence-corrected chi connectivity index (χ4v) is 0.171. The van der Waals surface area contributed by atoms with Gasteiger partial charge in [-0.3, -0.25) is 4.79 Å². The molecule has 0 spiro atoms. The standard InChI is InChI=1S/C2H4ClNO2.Al.H2O.Zr/c3-4-1-2(5)6;;;/h4H,1H2,(H,5,6);;1H2;/q;+1;;/p-1. The van der Waals surface area contributed by atoms with E-state index in [1.165, 1.54) is 16.6 Å². The summed E-state index contributed by atoms with van der Waals surface area (Å²) in [6, 6.07) is 0. The number of hydrogen-bond donors (Lipinski definition) is 3. The molecule has 0 aliphatic heterocycles. The van der Waals surface area contributed by atoms with E-state index in [1.807, 2.05) is 4.84 Å². The predicted molar refractivity (Wildman–Crippen MR) is 29.5 cm³/mol. The molecule has 0 aromatic heterocycles. The molecule has 0 unspecified atom stereocenters. The van der Waals surface area contributed by atoms with Gasteiger partial charge < -0.3 is 9.26 Å². The van der Waals surface area contributed by atoms with Crippen molar-refractivity contribution in [2.24, 2.45) is 0 Å². The molecular weight excluding hydrogens is 240 g/mol. The molecule has 0 rings (SSSR count). The summed E-state index contributed by atoms with van der Waals surface area (Å²) in [6.45, 7) is -0.193. The Labute approximate surface area is 85.6 Å². The molecule has 0 aromatic carbocycles. The number of halogens is 1. The van der Waals surface area contributed by atoms with E-state index in [-0.39, 0.29) is 32.7 Å². The summed E-state index contributed by atoms with van der Waals surface area (Å²) in [5.41, 5.74) is 0. The first kappa shape index (κ1) is 16.6. The molecule has 3 N–H and O–H groups in total. The summed E-state index contributed by atoms with van der Waals surface area (Å²) in [7, 11) is 0. The molecule has 0 saturated heterocycles. The van der Waals surface area contributed by atoms with E-state index < -0.39 is 5.97 Å². The fourth-order valence-electron chi connectivity index (χ4n) is 0.0572. The van der Waals surface area contributed by atoms with Crippen LogP contribution in [0.15, 0.2) is 0 Å². The van der Waals surface area contributed by atoms with Crippen molar-refractivity contribution < 1.29 is 40.3 Å². The van der Waals surface area contributed by atoms with Crippen LogP contribution in [-0.2, 0) is 31.0 Å². The Hall–Kier alpha value is 1.10. The number of nitrogens with one attached hydrogen (secondary N) is 1. The van der Waals surface area contributed by atoms with Gasteiger partial charge in [-0.1, -0.05) is 0 Å². The molecule has 4 nitrogen and oxygen atoms in total. The number of carboxylic acid groups (broad SMARTS) is 1. The van der Waals surface area contributed by atoms with E-state index in [0.717, 1.165) is 0 Å². The van der Waals surface area contributed by atoms with Crippen LogP contribution >= 0.6 is 11.8 Å². The van der Waals surface area contributed by atoms with Gasteiger partial charge in [0.1, 0.15) is 6.54 Å². The molecule has 0 bridgehead atoms. The first-order valence-electron chi connectivity index (χ1n) is 1.58. The van der Waals surface area contributed by atoms with Gasteiger partial charge >= 0.3 is 22.6 Å². The van der Waals surface area contributed by atoms with Crippen molar-refractivity contribution in [2.45, 2.75) is 0 Å². The largest absolute Gasteiger partial charge is 0.529 e. The normalized spacial score (nSPS) is 6.00. The van der Waals surface area contributed by atoms with Crippen molar-refractivity contribution in [1.29, 1.82) is 0 Å². The Bertz CT molecular complexity index is 65.8. The molecule has 50 valence electrons. The number of aliphatic carboxylic acids is 1. The SMILES string of the molecule is O=C(O)CNCl.[OH][Al].[Zr]. The van der Waals surface area contributed by atoms with Crippen LogP contribution in [0.4, 0.5) is 0 Å². The second-order valence-corrected chi connectivity index (χ2v) is 0.971. The zero-order chi connectivity index (χ0) is 6.99. The molecule has 0 aliphatic rings. The van der Waals surface area contributed by atoms with Crippen LogP contribution in [0.2, 0.25) is 0 Å². The van der Waals surface area contributed by atoms with Gasteiger partial charge in [0.2, 0.25) is 0 Å². The van der Waals surface area contributed by atoms with Gasteiger partial charge in [-0.25, -0.2) is 4.84 Å². The molecule has 7 heteroatoms. The maximum Gasteiger partial charge on any atom is 0.363 e. The summed E-state index contributed by atoms with van der Waals surface area (Å²) >= 11 is 6.18. The molecule has 0 heterocycles. The van der Waals surface area contributed by atoms with Crippen LogP contribution in [0, 0.1) is 0 Å². The van der Waals surface area contributed by atoms with Crippen molar-refractivity contribution in [3.8, 4) is 0 Å². The van der Waals surface area contributed by atoms with Crippen molar-refractivity contribution in [3.63, 3.8) is 0 Å². The van der Waals surface area contributed by atoms with Crippen LogP contribution in [0.1, 0.15) is 0 Å². The van der Waals surface area contributed by atoms with Crippen molar-refractivity contribution in [1.82, 2.24) is 4.84 Å². The Balaban J connectivity index is -0.000000109. The van der Waals surface area contributed by atoms with Gasteiger partial charge in [0.25, 0.3) is 0 Å². The fraction of sp³-hybridized carbons (Fsp3) is 0.500. The minimum absolute atomic E-state index is 0. The van der Waals surface area contributed by atoms with E-state index in [2.05, 4.69) is 0 Å². The molecule has 0 amide bonds. The third-order valence-corrected chi connectivity index (χ3v) is 0.352. The zero-order valence-electron chi connectivity index (χ0n) is 4.47. The van der Waals surface area contributed by atoms with Gasteiger partial charge in [0, 0.05) is 26.2 Å². The maximum absolute atomic E-state index is 9.45. The number of carboxylic acids is 1. The number of rotatable bonds is 2. The molecule has 0 aliphatic carbocycles. The number of hydrogen-bond acceptors (Lipinski definition) is 3. The van der Waals surface area contributed by atoms with E-state index in [0.29, 0.717) is 0 Å². The summed E-state index contributed by atoms with van der Waals surface area (Å²) in [5, 5.41) is 7.77. The van der Waals surface area contributed by atoms with Crippen LogP contribution in [0.5, 0.6) is 0 Å². The van der Waals surface area contributed by atoms with Crippen LogP contribution in [0.25, 0.3) is 0 Å². The molecule has 9 heavy (non-hydrogen) atoms. The molecule has 0 atom stereocenters. The zero-order valence-corrected chi connectivity index (χ0v) is 8.83. The molecule has 2 radical (unpaired) electrons. The maximum atomic E-state index is 9.45. The van der Waals surface area contributed by atoms with Gasteiger partial charge in [-0.2, -0.15) is 0 Å². The van der Waals surface area contributed by atoms with E-state index in [9.17, 15) is 4.79 Å².